The molecule has 2 rings (SSSR count). The molecule has 12 N–H and O–H groups in total. The SMILES string of the molecule is O=P(O)(O)OP(=O)(O)OP(=O)(O)O.O=c1ccn([C@@H]2O[C@H](COP(=O)(O)OP(=O)(O)OP(=O)(O)O)[C@@H](O)[C@]2(O)F)c(=O)[nH]1. The average molecular weight is 760 g/mol. The largest absolute Gasteiger partial charge is 0.490 e. The zero-order chi connectivity index (χ0) is 34.0. The van der Waals surface area contributed by atoms with Crippen molar-refractivity contribution in [2.24, 2.45) is 0 Å². The molecule has 34 heteroatoms. The minimum Gasteiger partial charge on any atom is -0.384 e. The number of aromatic nitrogens is 2. The topological polar surface area (TPSA) is 435 Å². The van der Waals surface area contributed by atoms with Crippen molar-refractivity contribution >= 4 is 46.9 Å². The van der Waals surface area contributed by atoms with Crippen molar-refractivity contribution in [3.8, 4) is 0 Å². The third-order valence-corrected chi connectivity index (χ3v) is 10.9. The van der Waals surface area contributed by atoms with Gasteiger partial charge in [-0.2, -0.15) is 17.2 Å². The number of ether oxygens (including phenoxy) is 1. The second-order valence-corrected chi connectivity index (χ2v) is 15.8. The molecular formula is C9H19FN2O25P6. The second-order valence-electron chi connectivity index (χ2n) is 7.22. The van der Waals surface area contributed by atoms with Crippen molar-refractivity contribution in [3.05, 3.63) is 33.1 Å². The highest BCUT2D eigenvalue weighted by Crippen LogP contribution is 2.66. The fourth-order valence-electron chi connectivity index (χ4n) is 2.50. The summed E-state index contributed by atoms with van der Waals surface area (Å²) >= 11 is 0. The van der Waals surface area contributed by atoms with Crippen molar-refractivity contribution in [3.63, 3.8) is 0 Å². The summed E-state index contributed by atoms with van der Waals surface area (Å²) in [5, 5.41) is 19.6. The molecule has 1 fully saturated rings. The monoisotopic (exact) mass is 760 g/mol. The molecule has 252 valence electrons. The Morgan fingerprint density at radius 2 is 1.23 bits per heavy atom. The van der Waals surface area contributed by atoms with Gasteiger partial charge in [0.2, 0.25) is 0 Å². The first-order chi connectivity index (χ1) is 18.8. The van der Waals surface area contributed by atoms with Crippen LogP contribution in [0.1, 0.15) is 6.23 Å². The zero-order valence-corrected chi connectivity index (χ0v) is 25.1. The molecule has 1 aromatic heterocycles. The number of rotatable bonds is 12. The summed E-state index contributed by atoms with van der Waals surface area (Å²) < 4.78 is 101. The summed E-state index contributed by atoms with van der Waals surface area (Å²) in [6.07, 6.45) is -6.03. The molecule has 43 heavy (non-hydrogen) atoms. The van der Waals surface area contributed by atoms with Crippen LogP contribution < -0.4 is 11.2 Å². The molecule has 1 aliphatic rings. The number of phosphoric ester groups is 1. The van der Waals surface area contributed by atoms with E-state index in [9.17, 15) is 56.5 Å². The first kappa shape index (κ1) is 40.3. The quantitative estimate of drug-likeness (QED) is 0.0951. The molecule has 2 unspecified atom stereocenters. The standard InChI is InChI=1S/C9H14FN2O15P3.H5O10P3/c10-9(16)6(14)4(25-7(9)12-2-1-5(13)11-8(12)15)3-24-29(20,21)27-30(22,23)26-28(17,18)19;1-11(2,3)9-13(7,8)10-12(4,5)6/h1-2,4,6-7,14,16H,3H2,(H,20,21)(H,22,23)(H,11,13,15)(H2,17,18,19);(H,7,8)(H2,1,2,3)(H2,4,5,6)/t4-,6-,7-,9-;/m1./s1. The van der Waals surface area contributed by atoms with E-state index >= 15 is 0 Å². The van der Waals surface area contributed by atoms with Crippen LogP contribution in [0.3, 0.4) is 0 Å². The number of alkyl halides is 1. The van der Waals surface area contributed by atoms with E-state index in [-0.39, 0.29) is 0 Å². The molecule has 1 saturated heterocycles. The summed E-state index contributed by atoms with van der Waals surface area (Å²) in [6, 6.07) is 0.757. The van der Waals surface area contributed by atoms with Gasteiger partial charge < -0.3 is 59.0 Å². The Morgan fingerprint density at radius 3 is 1.63 bits per heavy atom. The molecule has 6 atom stereocenters. The van der Waals surface area contributed by atoms with Crippen LogP contribution in [0.25, 0.3) is 0 Å². The Morgan fingerprint density at radius 1 is 0.814 bits per heavy atom. The van der Waals surface area contributed by atoms with Gasteiger partial charge in [0.15, 0.2) is 6.23 Å². The maximum Gasteiger partial charge on any atom is 0.490 e. The lowest BCUT2D eigenvalue weighted by Crippen LogP contribution is -2.45. The number of hydrogen-bond donors (Lipinski definition) is 12. The van der Waals surface area contributed by atoms with E-state index in [1.165, 1.54) is 0 Å². The van der Waals surface area contributed by atoms with E-state index in [1.54, 1.807) is 4.98 Å². The normalized spacial score (nSPS) is 26.2. The van der Waals surface area contributed by atoms with Gasteiger partial charge in [-0.05, 0) is 0 Å². The molecule has 1 aliphatic heterocycles. The van der Waals surface area contributed by atoms with Crippen LogP contribution in [0.2, 0.25) is 0 Å². The van der Waals surface area contributed by atoms with Gasteiger partial charge in [0, 0.05) is 12.3 Å². The molecule has 27 nitrogen and oxygen atoms in total. The summed E-state index contributed by atoms with van der Waals surface area (Å²) in [6.45, 7) is -1.30. The van der Waals surface area contributed by atoms with Crippen LogP contribution in [-0.4, -0.2) is 88.5 Å². The highest BCUT2D eigenvalue weighted by molar-refractivity contribution is 7.67. The molecular weight excluding hydrogens is 741 g/mol. The van der Waals surface area contributed by atoms with E-state index < -0.39 is 89.1 Å². The Kier molecular flexibility index (Phi) is 13.1. The first-order valence-electron chi connectivity index (χ1n) is 9.56. The van der Waals surface area contributed by atoms with Gasteiger partial charge in [-0.15, -0.1) is 0 Å². The van der Waals surface area contributed by atoms with Crippen molar-refractivity contribution in [2.45, 2.75) is 24.3 Å². The maximum atomic E-state index is 14.5. The summed E-state index contributed by atoms with van der Waals surface area (Å²) in [7, 11) is -33.2. The van der Waals surface area contributed by atoms with Crippen molar-refractivity contribution in [1.29, 1.82) is 0 Å². The van der Waals surface area contributed by atoms with Gasteiger partial charge in [0.25, 0.3) is 11.4 Å². The van der Waals surface area contributed by atoms with E-state index in [2.05, 4.69) is 21.8 Å². The lowest BCUT2D eigenvalue weighted by Gasteiger charge is -2.23. The van der Waals surface area contributed by atoms with Crippen LogP contribution in [0.5, 0.6) is 0 Å². The minimum absolute atomic E-state index is 0.343. The predicted molar refractivity (Wildman–Crippen MR) is 123 cm³/mol. The molecule has 0 aromatic carbocycles. The Balaban J connectivity index is 0.000000599. The third-order valence-electron chi connectivity index (χ3n) is 3.76. The third kappa shape index (κ3) is 14.5. The van der Waals surface area contributed by atoms with Gasteiger partial charge >= 0.3 is 52.6 Å². The number of phosphoric acid groups is 6. The van der Waals surface area contributed by atoms with Gasteiger partial charge in [-0.1, -0.05) is 0 Å². The smallest absolute Gasteiger partial charge is 0.384 e. The number of nitrogens with one attached hydrogen (secondary N) is 1. The average Bonchev–Trinajstić information content (AvgIpc) is 2.89. The number of hydrogen-bond acceptors (Lipinski definition) is 16. The van der Waals surface area contributed by atoms with E-state index in [1.807, 2.05) is 0 Å². The number of aromatic amines is 1. The van der Waals surface area contributed by atoms with Crippen molar-refractivity contribution in [1.82, 2.24) is 9.55 Å². The van der Waals surface area contributed by atoms with Gasteiger partial charge in [-0.3, -0.25) is 18.9 Å². The summed E-state index contributed by atoms with van der Waals surface area (Å²) in [4.78, 5) is 99.9. The molecule has 0 amide bonds. The van der Waals surface area contributed by atoms with Crippen molar-refractivity contribution < 1.29 is 113 Å². The first-order valence-corrected chi connectivity index (χ1v) is 18.6. The molecule has 0 saturated carbocycles. The van der Waals surface area contributed by atoms with Crippen molar-refractivity contribution in [2.75, 3.05) is 6.61 Å². The number of nitrogens with zero attached hydrogens (tertiary/aromatic N) is 1. The number of aliphatic hydroxyl groups is 2. The fraction of sp³-hybridized carbons (Fsp3) is 0.556. The molecule has 0 aliphatic carbocycles. The summed E-state index contributed by atoms with van der Waals surface area (Å²) in [5.41, 5.74) is -2.12. The van der Waals surface area contributed by atoms with E-state index in [0.717, 1.165) is 6.07 Å². The van der Waals surface area contributed by atoms with Gasteiger partial charge in [-0.25, -0.2) is 36.6 Å². The van der Waals surface area contributed by atoms with E-state index in [0.29, 0.717) is 10.8 Å². The minimum atomic E-state index is -5.82. The summed E-state index contributed by atoms with van der Waals surface area (Å²) in [5.74, 6) is -3.67. The number of H-pyrrole nitrogens is 1. The second kappa shape index (κ2) is 14.0. The highest BCUT2D eigenvalue weighted by atomic mass is 31.3. The predicted octanol–water partition coefficient (Wildman–Crippen LogP) is -2.90. The molecule has 2 heterocycles. The van der Waals surface area contributed by atoms with E-state index in [4.69, 9.17) is 43.9 Å². The van der Waals surface area contributed by atoms with Gasteiger partial charge in [0.05, 0.1) is 6.61 Å². The zero-order valence-electron chi connectivity index (χ0n) is 19.7. The van der Waals surface area contributed by atoms with Crippen LogP contribution >= 0.6 is 46.9 Å². The van der Waals surface area contributed by atoms with Crippen LogP contribution in [0, 0.1) is 0 Å². The van der Waals surface area contributed by atoms with Crippen LogP contribution in [0.15, 0.2) is 21.9 Å². The molecule has 0 radical (unpaired) electrons. The number of halogens is 1. The Labute approximate surface area is 233 Å². The molecule has 1 aromatic rings. The Bertz CT molecular complexity index is 1520. The lowest BCUT2D eigenvalue weighted by atomic mass is 10.1. The Hall–Kier alpha value is -0.690. The fourth-order valence-corrected chi connectivity index (χ4v) is 8.07. The highest BCUT2D eigenvalue weighted by Gasteiger charge is 2.58. The van der Waals surface area contributed by atoms with Gasteiger partial charge in [0.1, 0.15) is 12.2 Å². The maximum absolute atomic E-state index is 14.5. The number of aliphatic hydroxyl groups excluding tert-OH is 1. The van der Waals surface area contributed by atoms with Crippen LogP contribution in [-0.2, 0) is 53.9 Å². The molecule has 0 spiro atoms. The van der Waals surface area contributed by atoms with Crippen LogP contribution in [0.4, 0.5) is 4.39 Å². The molecule has 0 bridgehead atoms. The lowest BCUT2D eigenvalue weighted by molar-refractivity contribution is -0.197.